The van der Waals surface area contributed by atoms with Crippen molar-refractivity contribution in [2.24, 2.45) is 0 Å². The minimum Gasteiger partial charge on any atom is -0.464 e. The second-order valence-corrected chi connectivity index (χ2v) is 7.23. The normalized spacial score (nSPS) is 11.8. The first-order chi connectivity index (χ1) is 8.45. The predicted molar refractivity (Wildman–Crippen MR) is 74.9 cm³/mol. The number of nitrogens with zero attached hydrogens (tertiary/aromatic N) is 1. The van der Waals surface area contributed by atoms with E-state index >= 15 is 0 Å². The van der Waals surface area contributed by atoms with E-state index in [0.717, 1.165) is 5.56 Å². The molecule has 0 radical (unpaired) electrons. The van der Waals surface area contributed by atoms with Crippen molar-refractivity contribution in [3.8, 4) is 0 Å². The number of alkyl halides is 2. The molecule has 0 aliphatic carbocycles. The van der Waals surface area contributed by atoms with Gasteiger partial charge in [0.15, 0.2) is 5.58 Å². The Morgan fingerprint density at radius 2 is 2.22 bits per heavy atom. The summed E-state index contributed by atoms with van der Waals surface area (Å²) in [6.45, 7) is 3.99. The third-order valence-electron chi connectivity index (χ3n) is 2.34. The number of carbonyl (C=O) groups is 1. The van der Waals surface area contributed by atoms with Crippen LogP contribution < -0.4 is 0 Å². The van der Waals surface area contributed by atoms with E-state index in [1.165, 1.54) is 0 Å². The van der Waals surface area contributed by atoms with Crippen molar-refractivity contribution < 1.29 is 13.9 Å². The summed E-state index contributed by atoms with van der Waals surface area (Å²) in [6.07, 6.45) is 0. The Bertz CT molecular complexity index is 592. The first-order valence-corrected chi connectivity index (χ1v) is 6.96. The molecule has 6 heteroatoms. The summed E-state index contributed by atoms with van der Waals surface area (Å²) in [4.78, 5) is 16.1. The molecule has 96 valence electrons. The van der Waals surface area contributed by atoms with Crippen molar-refractivity contribution in [2.45, 2.75) is 17.1 Å². The molecule has 0 atom stereocenters. The zero-order valence-electron chi connectivity index (χ0n) is 9.87. The SMILES string of the molecule is CCOC(=O)C(Br)(Br)c1nc2ccc(C)cc2o1. The average Bonchev–Trinajstić information content (AvgIpc) is 2.72. The Hall–Kier alpha value is -0.880. The van der Waals surface area contributed by atoms with Gasteiger partial charge in [0, 0.05) is 0 Å². The van der Waals surface area contributed by atoms with Gasteiger partial charge >= 0.3 is 5.97 Å². The lowest BCUT2D eigenvalue weighted by Gasteiger charge is -2.13. The molecular weight excluding hydrogens is 366 g/mol. The molecule has 0 N–H and O–H groups in total. The quantitative estimate of drug-likeness (QED) is 0.606. The van der Waals surface area contributed by atoms with E-state index in [9.17, 15) is 4.79 Å². The highest BCUT2D eigenvalue weighted by Crippen LogP contribution is 2.40. The number of aryl methyl sites for hydroxylation is 1. The van der Waals surface area contributed by atoms with Gasteiger partial charge in [-0.05, 0) is 63.4 Å². The van der Waals surface area contributed by atoms with Gasteiger partial charge in [0.1, 0.15) is 5.52 Å². The lowest BCUT2D eigenvalue weighted by Crippen LogP contribution is -2.25. The van der Waals surface area contributed by atoms with Gasteiger partial charge in [-0.2, -0.15) is 0 Å². The molecule has 0 bridgehead atoms. The van der Waals surface area contributed by atoms with E-state index < -0.39 is 9.20 Å². The maximum absolute atomic E-state index is 11.8. The molecule has 0 saturated carbocycles. The number of hydrogen-bond acceptors (Lipinski definition) is 4. The van der Waals surface area contributed by atoms with Gasteiger partial charge in [-0.1, -0.05) is 6.07 Å². The summed E-state index contributed by atoms with van der Waals surface area (Å²) in [5.41, 5.74) is 2.40. The molecule has 1 heterocycles. The van der Waals surface area contributed by atoms with Crippen molar-refractivity contribution in [2.75, 3.05) is 6.61 Å². The van der Waals surface area contributed by atoms with Crippen molar-refractivity contribution in [3.05, 3.63) is 29.7 Å². The van der Waals surface area contributed by atoms with Gasteiger partial charge in [-0.3, -0.25) is 0 Å². The number of benzene rings is 1. The molecule has 0 saturated heterocycles. The fourth-order valence-corrected chi connectivity index (χ4v) is 2.04. The maximum atomic E-state index is 11.8. The van der Waals surface area contributed by atoms with Crippen LogP contribution in [0, 0.1) is 6.92 Å². The van der Waals surface area contributed by atoms with E-state index in [2.05, 4.69) is 36.8 Å². The number of ether oxygens (including phenoxy) is 1. The molecule has 0 spiro atoms. The highest BCUT2D eigenvalue weighted by Gasteiger charge is 2.41. The second kappa shape index (κ2) is 5.01. The van der Waals surface area contributed by atoms with E-state index in [0.29, 0.717) is 11.1 Å². The first-order valence-electron chi connectivity index (χ1n) is 5.38. The van der Waals surface area contributed by atoms with Crippen LogP contribution in [0.15, 0.2) is 22.6 Å². The largest absolute Gasteiger partial charge is 0.464 e. The van der Waals surface area contributed by atoms with Gasteiger partial charge in [-0.25, -0.2) is 9.78 Å². The van der Waals surface area contributed by atoms with Crippen molar-refractivity contribution >= 4 is 48.9 Å². The monoisotopic (exact) mass is 375 g/mol. The number of esters is 1. The molecule has 2 aromatic rings. The molecule has 1 aromatic carbocycles. The smallest absolute Gasteiger partial charge is 0.343 e. The van der Waals surface area contributed by atoms with Gasteiger partial charge in [0.05, 0.1) is 6.61 Å². The summed E-state index contributed by atoms with van der Waals surface area (Å²) >= 11 is 6.48. The molecule has 4 nitrogen and oxygen atoms in total. The standard InChI is InChI=1S/C12H11Br2NO3/c1-3-17-11(16)12(13,14)10-15-8-5-4-7(2)6-9(8)18-10/h4-6H,3H2,1-2H3. The number of carbonyl (C=O) groups excluding carboxylic acids is 1. The molecule has 1 aromatic heterocycles. The summed E-state index contributed by atoms with van der Waals surface area (Å²) in [7, 11) is 0. The fraction of sp³-hybridized carbons (Fsp3) is 0.333. The van der Waals surface area contributed by atoms with Crippen molar-refractivity contribution in [3.63, 3.8) is 0 Å². The minimum absolute atomic E-state index is 0.224. The molecule has 0 aliphatic rings. The second-order valence-electron chi connectivity index (χ2n) is 3.79. The van der Waals surface area contributed by atoms with Crippen LogP contribution in [-0.2, 0) is 12.8 Å². The first kappa shape index (κ1) is 13.5. The summed E-state index contributed by atoms with van der Waals surface area (Å²) in [6, 6.07) is 5.65. The van der Waals surface area contributed by atoms with Crippen LogP contribution in [0.25, 0.3) is 11.1 Å². The number of hydrogen-bond donors (Lipinski definition) is 0. The Morgan fingerprint density at radius 3 is 2.89 bits per heavy atom. The molecule has 0 unspecified atom stereocenters. The number of fused-ring (bicyclic) bond motifs is 1. The van der Waals surface area contributed by atoms with E-state index in [1.807, 2.05) is 25.1 Å². The lowest BCUT2D eigenvalue weighted by atomic mass is 10.2. The number of oxazole rings is 1. The van der Waals surface area contributed by atoms with E-state index in [4.69, 9.17) is 9.15 Å². The summed E-state index contributed by atoms with van der Waals surface area (Å²) in [5.74, 6) is -0.269. The highest BCUT2D eigenvalue weighted by molar-refractivity contribution is 9.25. The topological polar surface area (TPSA) is 52.3 Å². The Labute approximate surface area is 121 Å². The van der Waals surface area contributed by atoms with Crippen LogP contribution in [0.3, 0.4) is 0 Å². The Morgan fingerprint density at radius 1 is 1.50 bits per heavy atom. The molecule has 0 aliphatic heterocycles. The molecule has 2 rings (SSSR count). The fourth-order valence-electron chi connectivity index (χ4n) is 1.48. The van der Waals surface area contributed by atoms with Crippen molar-refractivity contribution in [1.82, 2.24) is 4.98 Å². The van der Waals surface area contributed by atoms with Gasteiger partial charge in [-0.15, -0.1) is 0 Å². The maximum Gasteiger partial charge on any atom is 0.343 e. The van der Waals surface area contributed by atoms with E-state index in [-0.39, 0.29) is 12.5 Å². The van der Waals surface area contributed by atoms with Crippen LogP contribution in [0.4, 0.5) is 0 Å². The minimum atomic E-state index is -1.25. The van der Waals surface area contributed by atoms with Crippen LogP contribution in [-0.4, -0.2) is 17.6 Å². The van der Waals surface area contributed by atoms with Crippen LogP contribution >= 0.6 is 31.9 Å². The van der Waals surface area contributed by atoms with Crippen molar-refractivity contribution in [1.29, 1.82) is 0 Å². The van der Waals surface area contributed by atoms with Crippen LogP contribution in [0.5, 0.6) is 0 Å². The highest BCUT2D eigenvalue weighted by atomic mass is 79.9. The van der Waals surface area contributed by atoms with Crippen LogP contribution in [0.2, 0.25) is 0 Å². The Balaban J connectivity index is 2.44. The zero-order valence-corrected chi connectivity index (χ0v) is 13.0. The molecule has 0 amide bonds. The number of rotatable bonds is 3. The Kier molecular flexibility index (Phi) is 3.77. The van der Waals surface area contributed by atoms with E-state index in [1.54, 1.807) is 6.92 Å². The number of halogens is 2. The third-order valence-corrected chi connectivity index (χ3v) is 3.67. The van der Waals surface area contributed by atoms with Gasteiger partial charge in [0.25, 0.3) is 3.23 Å². The molecular formula is C12H11Br2NO3. The lowest BCUT2D eigenvalue weighted by molar-refractivity contribution is -0.143. The molecule has 18 heavy (non-hydrogen) atoms. The van der Waals surface area contributed by atoms with Gasteiger partial charge in [0.2, 0.25) is 5.89 Å². The summed E-state index contributed by atoms with van der Waals surface area (Å²) < 4.78 is 9.28. The summed E-state index contributed by atoms with van der Waals surface area (Å²) in [5, 5.41) is 0. The zero-order chi connectivity index (χ0) is 13.3. The van der Waals surface area contributed by atoms with Gasteiger partial charge < -0.3 is 9.15 Å². The predicted octanol–water partition coefficient (Wildman–Crippen LogP) is 3.64. The average molecular weight is 377 g/mol. The molecule has 0 fully saturated rings. The number of aromatic nitrogens is 1. The third kappa shape index (κ3) is 2.44. The van der Waals surface area contributed by atoms with Crippen LogP contribution in [0.1, 0.15) is 18.4 Å².